The first kappa shape index (κ1) is 14.3. The summed E-state index contributed by atoms with van der Waals surface area (Å²) in [6.07, 6.45) is 3.94. The smallest absolute Gasteiger partial charge is 0.283 e. The van der Waals surface area contributed by atoms with Gasteiger partial charge in [-0.1, -0.05) is 18.2 Å². The van der Waals surface area contributed by atoms with Gasteiger partial charge in [-0.05, 0) is 40.8 Å². The van der Waals surface area contributed by atoms with Crippen molar-refractivity contribution in [2.24, 2.45) is 5.92 Å². The fourth-order valence-corrected chi connectivity index (χ4v) is 2.54. The van der Waals surface area contributed by atoms with E-state index < -0.39 is 0 Å². The van der Waals surface area contributed by atoms with Gasteiger partial charge in [0.05, 0.1) is 11.9 Å². The van der Waals surface area contributed by atoms with Crippen LogP contribution in [0, 0.1) is 11.7 Å². The minimum atomic E-state index is -0.267. The molecule has 0 unspecified atom stereocenters. The van der Waals surface area contributed by atoms with Gasteiger partial charge in [0, 0.05) is 18.7 Å². The highest BCUT2D eigenvalue weighted by atomic mass is 79.9. The Kier molecular flexibility index (Phi) is 4.05. The summed E-state index contributed by atoms with van der Waals surface area (Å²) in [5.74, 6) is 0.315. The van der Waals surface area contributed by atoms with Crippen LogP contribution in [0.3, 0.4) is 0 Å². The van der Waals surface area contributed by atoms with Crippen LogP contribution in [-0.2, 0) is 13.1 Å². The molecule has 0 aliphatic heterocycles. The number of hydrogen-bond acceptors (Lipinski definition) is 3. The average Bonchev–Trinajstić information content (AvgIpc) is 3.29. The van der Waals surface area contributed by atoms with Crippen molar-refractivity contribution in [3.05, 3.63) is 56.7 Å². The van der Waals surface area contributed by atoms with E-state index >= 15 is 0 Å². The zero-order valence-electron chi connectivity index (χ0n) is 11.4. The van der Waals surface area contributed by atoms with E-state index in [2.05, 4.69) is 26.3 Å². The molecule has 4 nitrogen and oxygen atoms in total. The monoisotopic (exact) mass is 351 g/mol. The van der Waals surface area contributed by atoms with Crippen LogP contribution in [0.15, 0.2) is 39.7 Å². The van der Waals surface area contributed by atoms with Crippen LogP contribution in [-0.4, -0.2) is 9.78 Å². The van der Waals surface area contributed by atoms with E-state index in [4.69, 9.17) is 0 Å². The highest BCUT2D eigenvalue weighted by Gasteiger charge is 2.23. The minimum Gasteiger partial charge on any atom is -0.378 e. The number of hydrogen-bond donors (Lipinski definition) is 1. The lowest BCUT2D eigenvalue weighted by atomic mass is 10.2. The average molecular weight is 352 g/mol. The Balaban J connectivity index is 1.75. The summed E-state index contributed by atoms with van der Waals surface area (Å²) in [5, 5.41) is 7.22. The Bertz CT molecular complexity index is 712. The van der Waals surface area contributed by atoms with Gasteiger partial charge in [0.1, 0.15) is 10.3 Å². The van der Waals surface area contributed by atoms with Gasteiger partial charge in [-0.15, -0.1) is 0 Å². The molecule has 0 bridgehead atoms. The minimum absolute atomic E-state index is 0.152. The molecule has 1 N–H and O–H groups in total. The van der Waals surface area contributed by atoms with E-state index in [1.165, 1.54) is 23.6 Å². The van der Waals surface area contributed by atoms with E-state index in [1.807, 2.05) is 0 Å². The van der Waals surface area contributed by atoms with Gasteiger partial charge in [-0.3, -0.25) is 4.79 Å². The van der Waals surface area contributed by atoms with E-state index in [-0.39, 0.29) is 11.4 Å². The predicted molar refractivity (Wildman–Crippen MR) is 82.6 cm³/mol. The van der Waals surface area contributed by atoms with E-state index in [0.29, 0.717) is 34.7 Å². The lowest BCUT2D eigenvalue weighted by molar-refractivity contribution is 0.531. The number of nitrogens with zero attached hydrogens (tertiary/aromatic N) is 2. The number of halogens is 2. The Hall–Kier alpha value is -1.69. The zero-order chi connectivity index (χ0) is 14.8. The Morgan fingerprint density at radius 2 is 2.14 bits per heavy atom. The molecule has 3 rings (SSSR count). The molecule has 2 aromatic rings. The third-order valence-corrected chi connectivity index (χ3v) is 4.31. The summed E-state index contributed by atoms with van der Waals surface area (Å²) >= 11 is 3.30. The Labute approximate surface area is 130 Å². The molecular formula is C15H15BrFN3O. The second-order valence-corrected chi connectivity index (χ2v) is 6.04. The molecule has 0 amide bonds. The third kappa shape index (κ3) is 3.32. The lowest BCUT2D eigenvalue weighted by Crippen LogP contribution is -2.25. The molecule has 21 heavy (non-hydrogen) atoms. The van der Waals surface area contributed by atoms with Gasteiger partial charge in [0.2, 0.25) is 0 Å². The maximum atomic E-state index is 13.6. The summed E-state index contributed by atoms with van der Waals surface area (Å²) in [5.41, 5.74) is 0.974. The van der Waals surface area contributed by atoms with Crippen molar-refractivity contribution in [1.29, 1.82) is 0 Å². The third-order valence-electron chi connectivity index (χ3n) is 3.54. The van der Waals surface area contributed by atoms with Crippen molar-refractivity contribution in [3.8, 4) is 0 Å². The molecule has 0 atom stereocenters. The van der Waals surface area contributed by atoms with Crippen molar-refractivity contribution in [1.82, 2.24) is 9.78 Å². The zero-order valence-corrected chi connectivity index (χ0v) is 12.9. The summed E-state index contributed by atoms with van der Waals surface area (Å²) in [4.78, 5) is 12.2. The second-order valence-electron chi connectivity index (χ2n) is 5.25. The van der Waals surface area contributed by atoms with Crippen LogP contribution in [0.5, 0.6) is 0 Å². The van der Waals surface area contributed by atoms with Crippen molar-refractivity contribution >= 4 is 21.6 Å². The van der Waals surface area contributed by atoms with Gasteiger partial charge >= 0.3 is 0 Å². The van der Waals surface area contributed by atoms with E-state index in [1.54, 1.807) is 24.4 Å². The molecule has 1 heterocycles. The second kappa shape index (κ2) is 5.97. The largest absolute Gasteiger partial charge is 0.378 e. The van der Waals surface area contributed by atoms with Crippen molar-refractivity contribution in [2.75, 3.05) is 5.32 Å². The van der Waals surface area contributed by atoms with Crippen LogP contribution >= 0.6 is 15.9 Å². The molecule has 1 aromatic heterocycles. The SMILES string of the molecule is O=c1c(Br)c(NCc2ccccc2F)cnn1CC1CC1. The van der Waals surface area contributed by atoms with Gasteiger partial charge in [-0.2, -0.15) is 5.10 Å². The van der Waals surface area contributed by atoms with Crippen molar-refractivity contribution < 1.29 is 4.39 Å². The highest BCUT2D eigenvalue weighted by Crippen LogP contribution is 2.30. The molecular weight excluding hydrogens is 337 g/mol. The molecule has 1 fully saturated rings. The first-order valence-corrected chi connectivity index (χ1v) is 7.67. The number of aromatic nitrogens is 2. The number of anilines is 1. The first-order chi connectivity index (χ1) is 10.1. The maximum Gasteiger partial charge on any atom is 0.283 e. The predicted octanol–water partition coefficient (Wildman–Crippen LogP) is 3.17. The number of rotatable bonds is 5. The summed E-state index contributed by atoms with van der Waals surface area (Å²) < 4.78 is 15.5. The van der Waals surface area contributed by atoms with Gasteiger partial charge in [0.25, 0.3) is 5.56 Å². The number of nitrogens with one attached hydrogen (secondary N) is 1. The van der Waals surface area contributed by atoms with Gasteiger partial charge < -0.3 is 5.32 Å². The maximum absolute atomic E-state index is 13.6. The van der Waals surface area contributed by atoms with Crippen LogP contribution in [0.2, 0.25) is 0 Å². The molecule has 1 aliphatic carbocycles. The Morgan fingerprint density at radius 1 is 1.38 bits per heavy atom. The standard InChI is InChI=1S/C15H15BrFN3O/c16-14-13(18-7-11-3-1-2-4-12(11)17)8-19-20(15(14)21)9-10-5-6-10/h1-4,8,10,18H,5-7,9H2. The van der Waals surface area contributed by atoms with Gasteiger partial charge in [0.15, 0.2) is 0 Å². The molecule has 110 valence electrons. The fraction of sp³-hybridized carbons (Fsp3) is 0.333. The first-order valence-electron chi connectivity index (χ1n) is 6.88. The molecule has 0 saturated heterocycles. The normalized spacial score (nSPS) is 14.2. The number of benzene rings is 1. The molecule has 0 spiro atoms. The topological polar surface area (TPSA) is 46.9 Å². The van der Waals surface area contributed by atoms with Crippen LogP contribution in [0.1, 0.15) is 18.4 Å². The van der Waals surface area contributed by atoms with Gasteiger partial charge in [-0.25, -0.2) is 9.07 Å². The highest BCUT2D eigenvalue weighted by molar-refractivity contribution is 9.10. The van der Waals surface area contributed by atoms with Crippen molar-refractivity contribution in [3.63, 3.8) is 0 Å². The van der Waals surface area contributed by atoms with E-state index in [9.17, 15) is 9.18 Å². The van der Waals surface area contributed by atoms with Crippen LogP contribution in [0.25, 0.3) is 0 Å². The molecule has 1 aliphatic rings. The molecule has 0 radical (unpaired) electrons. The van der Waals surface area contributed by atoms with Crippen LogP contribution < -0.4 is 10.9 Å². The summed E-state index contributed by atoms with van der Waals surface area (Å²) in [7, 11) is 0. The van der Waals surface area contributed by atoms with Crippen molar-refractivity contribution in [2.45, 2.75) is 25.9 Å². The molecule has 1 saturated carbocycles. The quantitative estimate of drug-likeness (QED) is 0.899. The fourth-order valence-electron chi connectivity index (χ4n) is 2.10. The van der Waals surface area contributed by atoms with Crippen LogP contribution in [0.4, 0.5) is 10.1 Å². The molecule has 1 aromatic carbocycles. The molecule has 6 heteroatoms. The summed E-state index contributed by atoms with van der Waals surface area (Å²) in [6, 6.07) is 6.55. The van der Waals surface area contributed by atoms with E-state index in [0.717, 1.165) is 0 Å². The summed E-state index contributed by atoms with van der Waals surface area (Å²) in [6.45, 7) is 0.976. The Morgan fingerprint density at radius 3 is 2.86 bits per heavy atom. The lowest BCUT2D eigenvalue weighted by Gasteiger charge is -2.10.